The van der Waals surface area contributed by atoms with Crippen LogP contribution >= 0.6 is 0 Å². The maximum atomic E-state index is 15.0. The third-order valence-electron chi connectivity index (χ3n) is 20.4. The molecule has 6 fully saturated rings. The lowest BCUT2D eigenvalue weighted by Gasteiger charge is -2.58. The summed E-state index contributed by atoms with van der Waals surface area (Å²) in [5, 5.41) is 26.6. The Labute approximate surface area is 530 Å². The van der Waals surface area contributed by atoms with Crippen molar-refractivity contribution in [1.82, 2.24) is 34.5 Å². The molecule has 91 heavy (non-hydrogen) atoms. The summed E-state index contributed by atoms with van der Waals surface area (Å²) in [6.45, 7) is 15.9. The van der Waals surface area contributed by atoms with Crippen LogP contribution in [-0.2, 0) is 26.0 Å². The van der Waals surface area contributed by atoms with Crippen molar-refractivity contribution >= 4 is 61.2 Å². The molecule has 2 aliphatic carbocycles. The molecule has 0 bridgehead atoms. The van der Waals surface area contributed by atoms with Gasteiger partial charge in [0.15, 0.2) is 22.3 Å². The largest absolute Gasteiger partial charge is 0.493 e. The highest BCUT2D eigenvalue weighted by Crippen LogP contribution is 2.54. The Morgan fingerprint density at radius 3 is 2.49 bits per heavy atom. The van der Waals surface area contributed by atoms with E-state index < -0.39 is 43.3 Å². The first-order valence-corrected chi connectivity index (χ1v) is 33.8. The molecular formula is C66H82N12O12S. The Balaban J connectivity index is 0.716. The van der Waals surface area contributed by atoms with E-state index in [0.29, 0.717) is 80.9 Å². The van der Waals surface area contributed by atoms with Crippen LogP contribution in [0.3, 0.4) is 0 Å². The van der Waals surface area contributed by atoms with Crippen LogP contribution in [0.15, 0.2) is 84.1 Å². The smallest absolute Gasteiger partial charge is 0.300 e. The molecule has 1 amide bonds. The minimum absolute atomic E-state index is 0.0157. The molecule has 2 aromatic carbocycles. The van der Waals surface area contributed by atoms with Crippen molar-refractivity contribution in [3.05, 3.63) is 106 Å². The second-order valence-electron chi connectivity index (χ2n) is 26.9. The number of rotatable bonds is 15. The lowest BCUT2D eigenvalue weighted by Crippen LogP contribution is -2.59. The third-order valence-corrected chi connectivity index (χ3v) is 21.6. The van der Waals surface area contributed by atoms with Crippen molar-refractivity contribution in [2.75, 3.05) is 99.4 Å². The van der Waals surface area contributed by atoms with E-state index in [1.54, 1.807) is 26.3 Å². The summed E-state index contributed by atoms with van der Waals surface area (Å²) in [5.74, 6) is 1.74. The number of piperidine rings is 1. The van der Waals surface area contributed by atoms with Crippen LogP contribution in [0, 0.1) is 21.4 Å². The van der Waals surface area contributed by atoms with Gasteiger partial charge in [-0.1, -0.05) is 18.2 Å². The number of H-pyrrole nitrogens is 1. The minimum Gasteiger partial charge on any atom is -0.493 e. The zero-order valence-corrected chi connectivity index (χ0v) is 53.2. The van der Waals surface area contributed by atoms with Crippen LogP contribution in [0.2, 0.25) is 0 Å². The molecule has 484 valence electrons. The number of nitro groups is 1. The number of benzene rings is 2. The third kappa shape index (κ3) is 12.0. The van der Waals surface area contributed by atoms with E-state index in [-0.39, 0.29) is 71.9 Å². The van der Waals surface area contributed by atoms with Gasteiger partial charge < -0.3 is 58.5 Å². The summed E-state index contributed by atoms with van der Waals surface area (Å²) in [5.41, 5.74) is 3.68. The molecule has 0 unspecified atom stereocenters. The van der Waals surface area contributed by atoms with Crippen LogP contribution in [0.4, 0.5) is 34.3 Å². The molecule has 2 saturated carbocycles. The Morgan fingerprint density at radius 1 is 0.912 bits per heavy atom. The van der Waals surface area contributed by atoms with Crippen molar-refractivity contribution in [3.63, 3.8) is 0 Å². The first-order valence-electron chi connectivity index (χ1n) is 32.3. The number of pyridine rings is 3. The van der Waals surface area contributed by atoms with Crippen LogP contribution in [0.5, 0.6) is 23.3 Å². The van der Waals surface area contributed by atoms with Gasteiger partial charge in [-0.05, 0) is 145 Å². The number of morpholine rings is 1. The number of aliphatic hydroxyl groups is 1. The molecule has 24 nitrogen and oxygen atoms in total. The van der Waals surface area contributed by atoms with E-state index in [2.05, 4.69) is 95.6 Å². The van der Waals surface area contributed by atoms with E-state index in [0.717, 1.165) is 112 Å². The molecule has 10 heterocycles. The second kappa shape index (κ2) is 24.5. The molecule has 8 aliphatic rings. The normalized spacial score (nSPS) is 26.2. The highest BCUT2D eigenvalue weighted by atomic mass is 32.2. The number of amides is 1. The number of ether oxygens (including phenoxy) is 6. The van der Waals surface area contributed by atoms with Crippen molar-refractivity contribution in [2.24, 2.45) is 11.3 Å². The Morgan fingerprint density at radius 2 is 1.71 bits per heavy atom. The summed E-state index contributed by atoms with van der Waals surface area (Å²) in [7, 11) is -3.15. The number of sulfonamides is 1. The second-order valence-corrected chi connectivity index (χ2v) is 28.5. The van der Waals surface area contributed by atoms with Gasteiger partial charge in [0.1, 0.15) is 29.8 Å². The lowest BCUT2D eigenvalue weighted by atomic mass is 9.59. The molecule has 1 spiro atoms. The van der Waals surface area contributed by atoms with Gasteiger partial charge in [0, 0.05) is 87.5 Å². The number of piperazine rings is 1. The number of aromatic nitrogens is 4. The number of carbonyl (C=O) groups excluding carboxylic acids is 1. The number of nitrogens with one attached hydrogen (secondary N) is 3. The van der Waals surface area contributed by atoms with Crippen LogP contribution in [-0.4, -0.2) is 175 Å². The zero-order chi connectivity index (χ0) is 62.9. The maximum absolute atomic E-state index is 15.0. The number of nitrogens with zero attached hydrogens (tertiary/aromatic N) is 9. The zero-order valence-electron chi connectivity index (χ0n) is 52.3. The Bertz CT molecular complexity index is 3820. The number of hydrogen-bond acceptors (Lipinski definition) is 21. The van der Waals surface area contributed by atoms with Gasteiger partial charge in [-0.3, -0.25) is 24.7 Å². The van der Waals surface area contributed by atoms with Crippen LogP contribution in [0.1, 0.15) is 113 Å². The van der Waals surface area contributed by atoms with E-state index >= 15 is 4.79 Å². The summed E-state index contributed by atoms with van der Waals surface area (Å²) in [6, 6.07) is 20.9. The average molecular weight is 1270 g/mol. The van der Waals surface area contributed by atoms with Gasteiger partial charge in [-0.25, -0.2) is 9.71 Å². The van der Waals surface area contributed by atoms with Gasteiger partial charge in [-0.2, -0.15) is 18.4 Å². The first-order chi connectivity index (χ1) is 43.9. The fourth-order valence-electron chi connectivity index (χ4n) is 15.5. The van der Waals surface area contributed by atoms with Gasteiger partial charge in [-0.15, -0.1) is 0 Å². The summed E-state index contributed by atoms with van der Waals surface area (Å²) >= 11 is 0. The number of methoxy groups -OCH3 is 1. The number of hydrogen-bond donors (Lipinski definition) is 4. The van der Waals surface area contributed by atoms with Crippen LogP contribution in [0.25, 0.3) is 11.0 Å². The molecule has 6 aliphatic heterocycles. The molecule has 4 saturated heterocycles. The van der Waals surface area contributed by atoms with Gasteiger partial charge in [0.2, 0.25) is 11.8 Å². The fraction of sp³-hybridized carbons (Fsp3) is 0.545. The number of aromatic amines is 1. The predicted octanol–water partition coefficient (Wildman–Crippen LogP) is 8.51. The molecule has 25 heteroatoms. The number of carbonyl (C=O) groups is 1. The number of fused-ring (bicyclic) bond motifs is 4. The molecule has 6 aromatic rings. The van der Waals surface area contributed by atoms with Gasteiger partial charge >= 0.3 is 5.69 Å². The van der Waals surface area contributed by atoms with Crippen LogP contribution < -0.4 is 43.7 Å². The molecule has 14 rings (SSSR count). The molecule has 4 N–H and O–H groups in total. The maximum Gasteiger partial charge on any atom is 0.300 e. The Kier molecular flexibility index (Phi) is 16.4. The van der Waals surface area contributed by atoms with Gasteiger partial charge in [0.05, 0.1) is 85.0 Å². The van der Waals surface area contributed by atoms with Crippen molar-refractivity contribution in [2.45, 2.75) is 145 Å². The number of anilines is 5. The lowest BCUT2D eigenvalue weighted by molar-refractivity contribution is -0.384. The van der Waals surface area contributed by atoms with Crippen molar-refractivity contribution in [1.29, 1.82) is 0 Å². The highest BCUT2D eigenvalue weighted by Gasteiger charge is 2.51. The summed E-state index contributed by atoms with van der Waals surface area (Å²) in [6.07, 6.45) is 10.4. The molecule has 5 atom stereocenters. The van der Waals surface area contributed by atoms with Crippen molar-refractivity contribution in [3.8, 4) is 23.3 Å². The van der Waals surface area contributed by atoms with E-state index in [1.807, 2.05) is 30.5 Å². The molecule has 4 aromatic heterocycles. The SMILES string of the molecule is COc1cc(CN2CCN(C3CC4(CCN(c5ccc(C(=O)NS(=O)(=O)c6cc([N+](=O)[O-])c7c(n6)OC[C@H](C6CCC(C)(O)CC6)N7)c(N6c7cc8cc[nH]c8nc7O[C@H]7COCC[C@@H]76)c5)CC4)C3)[C@@H](c3ccccc3OC(C)C)C2)cnc1N1CCOC[C@H]1C. The van der Waals surface area contributed by atoms with E-state index in [9.17, 15) is 23.6 Å². The average Bonchev–Trinajstić information content (AvgIpc) is 1.39. The molecular weight excluding hydrogens is 1180 g/mol. The van der Waals surface area contributed by atoms with E-state index in [1.165, 1.54) is 5.56 Å². The van der Waals surface area contributed by atoms with Crippen molar-refractivity contribution < 1.29 is 51.7 Å². The quantitative estimate of drug-likeness (QED) is 0.0554. The van der Waals surface area contributed by atoms with E-state index in [4.69, 9.17) is 38.4 Å². The number of para-hydroxylation sites is 1. The minimum atomic E-state index is -4.86. The fourth-order valence-corrected chi connectivity index (χ4v) is 16.4. The first kappa shape index (κ1) is 61.0. The monoisotopic (exact) mass is 1270 g/mol. The predicted molar refractivity (Wildman–Crippen MR) is 342 cm³/mol. The highest BCUT2D eigenvalue weighted by molar-refractivity contribution is 7.90. The molecule has 0 radical (unpaired) electrons. The summed E-state index contributed by atoms with van der Waals surface area (Å²) in [4.78, 5) is 56.3. The Hall–Kier alpha value is -7.55. The topological polar surface area (TPSA) is 265 Å². The standard InChI is InChI=1S/C66H82N12O12S/c1-40(2)89-55-9-7-6-8-47(55)54-36-73(35-42-28-56(85-5)61(68-34-42)75-25-27-87-37-41(75)3)23-24-76(54)46-32-66(33-46)18-21-74(22-19-66)45-10-11-48(51(30-45)77-50-15-26-86-39-57(50)90-63-53(77)29-44-14-20-67-60(44)71-63)62(79)72-91(83,84)58-31-52(78(81)82)59-64(70-58)88-38-49(69-59)43-12-16-65(4,80)17-13-43/h6-11,14,20,28-31,34,40-41,43,46,49-50,54,57,69,80H,12-13,15-19,21-27,32-33,35-39H2,1-5H3,(H,67,71)(H,72,79)/t41-,43?,49-,50+,54-,57+,65?/m1/s1. The summed E-state index contributed by atoms with van der Waals surface area (Å²) < 4.78 is 68.0. The van der Waals surface area contributed by atoms with Gasteiger partial charge in [0.25, 0.3) is 15.9 Å².